The van der Waals surface area contributed by atoms with E-state index >= 15 is 0 Å². The normalized spacial score (nSPS) is 24.1. The molecule has 2 saturated heterocycles. The summed E-state index contributed by atoms with van der Waals surface area (Å²) in [6.45, 7) is 5.52. The van der Waals surface area contributed by atoms with Crippen molar-refractivity contribution in [1.82, 2.24) is 20.4 Å². The summed E-state index contributed by atoms with van der Waals surface area (Å²) in [7, 11) is 0. The van der Waals surface area contributed by atoms with E-state index in [1.807, 2.05) is 0 Å². The van der Waals surface area contributed by atoms with Crippen molar-refractivity contribution in [3.8, 4) is 0 Å². The average Bonchev–Trinajstić information content (AvgIpc) is 3.22. The SMILES string of the molecule is O=C(NC[C@H]([C@@H]1CCOC1)N1CCOCC1)Nc1cn[nH]c1. The lowest BCUT2D eigenvalue weighted by Gasteiger charge is -2.37. The molecule has 0 spiro atoms. The van der Waals surface area contributed by atoms with Gasteiger partial charge in [-0.05, 0) is 6.42 Å². The minimum atomic E-state index is -0.210. The number of aromatic amines is 1. The van der Waals surface area contributed by atoms with Crippen molar-refractivity contribution in [3.63, 3.8) is 0 Å². The molecule has 0 unspecified atom stereocenters. The third kappa shape index (κ3) is 3.96. The number of nitrogens with zero attached hydrogens (tertiary/aromatic N) is 2. The van der Waals surface area contributed by atoms with E-state index in [-0.39, 0.29) is 6.03 Å². The highest BCUT2D eigenvalue weighted by Gasteiger charge is 2.31. The van der Waals surface area contributed by atoms with E-state index in [0.717, 1.165) is 45.9 Å². The van der Waals surface area contributed by atoms with Crippen molar-refractivity contribution < 1.29 is 14.3 Å². The summed E-state index contributed by atoms with van der Waals surface area (Å²) in [4.78, 5) is 14.4. The number of rotatable bonds is 5. The summed E-state index contributed by atoms with van der Waals surface area (Å²) in [6, 6.07) is 0.0834. The van der Waals surface area contributed by atoms with Crippen LogP contribution in [0.15, 0.2) is 12.4 Å². The molecular weight excluding hydrogens is 286 g/mol. The molecule has 3 heterocycles. The van der Waals surface area contributed by atoms with Gasteiger partial charge in [-0.15, -0.1) is 0 Å². The Morgan fingerprint density at radius 3 is 2.95 bits per heavy atom. The lowest BCUT2D eigenvalue weighted by Crippen LogP contribution is -2.52. The van der Waals surface area contributed by atoms with Crippen LogP contribution in [0.25, 0.3) is 0 Å². The highest BCUT2D eigenvalue weighted by Crippen LogP contribution is 2.21. The van der Waals surface area contributed by atoms with Gasteiger partial charge in [-0.3, -0.25) is 10.00 Å². The maximum Gasteiger partial charge on any atom is 0.319 e. The van der Waals surface area contributed by atoms with Gasteiger partial charge in [0.2, 0.25) is 0 Å². The number of H-pyrrole nitrogens is 1. The van der Waals surface area contributed by atoms with Crippen molar-refractivity contribution in [3.05, 3.63) is 12.4 Å². The molecule has 2 aliphatic heterocycles. The maximum absolute atomic E-state index is 12.0. The molecule has 0 radical (unpaired) electrons. The largest absolute Gasteiger partial charge is 0.381 e. The second kappa shape index (κ2) is 7.57. The number of carbonyl (C=O) groups is 1. The number of morpholine rings is 1. The van der Waals surface area contributed by atoms with E-state index in [4.69, 9.17) is 9.47 Å². The first-order valence-corrected chi connectivity index (χ1v) is 7.76. The van der Waals surface area contributed by atoms with Gasteiger partial charge in [0.1, 0.15) is 0 Å². The van der Waals surface area contributed by atoms with Crippen LogP contribution >= 0.6 is 0 Å². The van der Waals surface area contributed by atoms with Gasteiger partial charge in [0.05, 0.1) is 31.7 Å². The van der Waals surface area contributed by atoms with Crippen molar-refractivity contribution in [2.75, 3.05) is 51.4 Å². The van der Waals surface area contributed by atoms with Crippen LogP contribution in [0.1, 0.15) is 6.42 Å². The molecule has 8 heteroatoms. The molecule has 0 aromatic carbocycles. The Balaban J connectivity index is 1.53. The Bertz CT molecular complexity index is 455. The Morgan fingerprint density at radius 1 is 1.41 bits per heavy atom. The molecule has 2 atom stereocenters. The minimum Gasteiger partial charge on any atom is -0.381 e. The van der Waals surface area contributed by atoms with Crippen LogP contribution in [0.3, 0.4) is 0 Å². The first-order chi connectivity index (χ1) is 10.8. The molecular formula is C14H23N5O3. The Labute approximate surface area is 129 Å². The van der Waals surface area contributed by atoms with Crippen LogP contribution in [0.4, 0.5) is 10.5 Å². The smallest absolute Gasteiger partial charge is 0.319 e. The molecule has 2 fully saturated rings. The topological polar surface area (TPSA) is 91.5 Å². The van der Waals surface area contributed by atoms with Gasteiger partial charge in [0.25, 0.3) is 0 Å². The monoisotopic (exact) mass is 309 g/mol. The Hall–Kier alpha value is -1.64. The number of anilines is 1. The zero-order valence-electron chi connectivity index (χ0n) is 12.6. The summed E-state index contributed by atoms with van der Waals surface area (Å²) in [5.74, 6) is 0.465. The summed E-state index contributed by atoms with van der Waals surface area (Å²) in [5.41, 5.74) is 0.657. The fourth-order valence-corrected chi connectivity index (χ4v) is 3.05. The van der Waals surface area contributed by atoms with Crippen LogP contribution in [0, 0.1) is 5.92 Å². The molecule has 22 heavy (non-hydrogen) atoms. The van der Waals surface area contributed by atoms with E-state index in [2.05, 4.69) is 25.7 Å². The van der Waals surface area contributed by atoms with Crippen molar-refractivity contribution >= 4 is 11.7 Å². The van der Waals surface area contributed by atoms with E-state index in [9.17, 15) is 4.79 Å². The van der Waals surface area contributed by atoms with Crippen LogP contribution in [0.2, 0.25) is 0 Å². The van der Waals surface area contributed by atoms with Crippen LogP contribution in [-0.2, 0) is 9.47 Å². The summed E-state index contributed by atoms with van der Waals surface area (Å²) < 4.78 is 10.9. The Kier molecular flexibility index (Phi) is 5.25. The Morgan fingerprint density at radius 2 is 2.27 bits per heavy atom. The molecule has 3 N–H and O–H groups in total. The maximum atomic E-state index is 12.0. The van der Waals surface area contributed by atoms with Gasteiger partial charge in [0, 0.05) is 44.4 Å². The van der Waals surface area contributed by atoms with E-state index in [1.165, 1.54) is 0 Å². The number of nitrogens with one attached hydrogen (secondary N) is 3. The van der Waals surface area contributed by atoms with Crippen LogP contribution in [-0.4, -0.2) is 73.2 Å². The van der Waals surface area contributed by atoms with Gasteiger partial charge in [-0.25, -0.2) is 4.79 Å². The van der Waals surface area contributed by atoms with Gasteiger partial charge in [0.15, 0.2) is 0 Å². The van der Waals surface area contributed by atoms with Gasteiger partial charge >= 0.3 is 6.03 Å². The number of hydrogen-bond donors (Lipinski definition) is 3. The van der Waals surface area contributed by atoms with Gasteiger partial charge in [-0.2, -0.15) is 5.10 Å². The van der Waals surface area contributed by atoms with E-state index in [0.29, 0.717) is 24.2 Å². The third-order valence-electron chi connectivity index (χ3n) is 4.25. The average molecular weight is 309 g/mol. The van der Waals surface area contributed by atoms with Crippen molar-refractivity contribution in [1.29, 1.82) is 0 Å². The third-order valence-corrected chi connectivity index (χ3v) is 4.25. The summed E-state index contributed by atoms with van der Waals surface area (Å²) >= 11 is 0. The molecule has 0 aliphatic carbocycles. The van der Waals surface area contributed by atoms with E-state index in [1.54, 1.807) is 12.4 Å². The lowest BCUT2D eigenvalue weighted by atomic mass is 9.97. The first-order valence-electron chi connectivity index (χ1n) is 7.76. The summed E-state index contributed by atoms with van der Waals surface area (Å²) in [5, 5.41) is 12.2. The highest BCUT2D eigenvalue weighted by molar-refractivity contribution is 5.88. The van der Waals surface area contributed by atoms with Gasteiger partial charge < -0.3 is 20.1 Å². The van der Waals surface area contributed by atoms with Crippen LogP contribution < -0.4 is 10.6 Å². The number of aromatic nitrogens is 2. The van der Waals surface area contributed by atoms with Crippen molar-refractivity contribution in [2.45, 2.75) is 12.5 Å². The zero-order valence-corrected chi connectivity index (χ0v) is 12.6. The quantitative estimate of drug-likeness (QED) is 0.726. The number of urea groups is 1. The number of ether oxygens (including phenoxy) is 2. The fraction of sp³-hybridized carbons (Fsp3) is 0.714. The molecule has 3 rings (SSSR count). The molecule has 8 nitrogen and oxygen atoms in total. The lowest BCUT2D eigenvalue weighted by molar-refractivity contribution is 0.00222. The fourth-order valence-electron chi connectivity index (χ4n) is 3.05. The highest BCUT2D eigenvalue weighted by atomic mass is 16.5. The van der Waals surface area contributed by atoms with Crippen molar-refractivity contribution in [2.24, 2.45) is 5.92 Å². The molecule has 2 aliphatic rings. The standard InChI is InChI=1S/C14H23N5O3/c20-14(18-12-7-16-17-8-12)15-9-13(11-1-4-22-10-11)19-2-5-21-6-3-19/h7-8,11,13H,1-6,9-10H2,(H,16,17)(H2,15,18,20)/t11-,13-/m1/s1. The first kappa shape index (κ1) is 15.3. The van der Waals surface area contributed by atoms with Gasteiger partial charge in [-0.1, -0.05) is 0 Å². The predicted molar refractivity (Wildman–Crippen MR) is 80.7 cm³/mol. The minimum absolute atomic E-state index is 0.210. The predicted octanol–water partition coefficient (Wildman–Crippen LogP) is 0.269. The second-order valence-corrected chi connectivity index (χ2v) is 5.66. The molecule has 2 amide bonds. The number of hydrogen-bond acceptors (Lipinski definition) is 5. The molecule has 0 saturated carbocycles. The van der Waals surface area contributed by atoms with E-state index < -0.39 is 0 Å². The summed E-state index contributed by atoms with van der Waals surface area (Å²) in [6.07, 6.45) is 4.26. The molecule has 1 aromatic rings. The molecule has 1 aromatic heterocycles. The molecule has 122 valence electrons. The zero-order chi connectivity index (χ0) is 15.2. The second-order valence-electron chi connectivity index (χ2n) is 5.66. The molecule has 0 bridgehead atoms. The number of carbonyl (C=O) groups excluding carboxylic acids is 1. The van der Waals surface area contributed by atoms with Crippen LogP contribution in [0.5, 0.6) is 0 Å². The number of amides is 2.